The highest BCUT2D eigenvalue weighted by Crippen LogP contribution is 2.38. The van der Waals surface area contributed by atoms with Gasteiger partial charge in [-0.2, -0.15) is 18.4 Å². The third-order valence-electron chi connectivity index (χ3n) is 7.64. The normalized spacial score (nSPS) is 16.6. The second-order valence-corrected chi connectivity index (χ2v) is 10.9. The van der Waals surface area contributed by atoms with Gasteiger partial charge in [0.25, 0.3) is 0 Å². The topological polar surface area (TPSA) is 164 Å². The number of nitrogens with zero attached hydrogens (tertiary/aromatic N) is 4. The van der Waals surface area contributed by atoms with Crippen LogP contribution in [0.3, 0.4) is 0 Å². The molecule has 1 aromatic rings. The van der Waals surface area contributed by atoms with Crippen molar-refractivity contribution in [3.05, 3.63) is 64.4 Å². The van der Waals surface area contributed by atoms with E-state index in [0.717, 1.165) is 40.7 Å². The van der Waals surface area contributed by atoms with Crippen LogP contribution in [-0.4, -0.2) is 90.6 Å². The van der Waals surface area contributed by atoms with Gasteiger partial charge in [0.05, 0.1) is 50.6 Å². The van der Waals surface area contributed by atoms with Crippen molar-refractivity contribution in [1.82, 2.24) is 4.90 Å². The molecule has 1 atom stereocenters. The quantitative estimate of drug-likeness (QED) is 0.104. The van der Waals surface area contributed by atoms with Gasteiger partial charge >= 0.3 is 18.2 Å². The number of unbranched alkanes of at least 4 members (excludes halogenated alkanes) is 1. The molecule has 2 amide bonds. The molecule has 1 unspecified atom stereocenters. The summed E-state index contributed by atoms with van der Waals surface area (Å²) >= 11 is 0. The number of guanidine groups is 1. The summed E-state index contributed by atoms with van der Waals surface area (Å²) < 4.78 is 46.0. The molecule has 246 valence electrons. The number of ether oxygens (including phenoxy) is 1. The lowest BCUT2D eigenvalue weighted by Gasteiger charge is -2.43. The molecule has 45 heavy (non-hydrogen) atoms. The number of carbonyl (C=O) groups excluding carboxylic acids is 2. The fourth-order valence-electron chi connectivity index (χ4n) is 5.46. The number of aliphatic hydroxyl groups excluding tert-OH is 2. The number of halogens is 3. The number of nitrogens with two attached hydrogens (primary N) is 1. The number of nitriles is 1. The summed E-state index contributed by atoms with van der Waals surface area (Å²) in [6.07, 6.45) is 0.0835. The van der Waals surface area contributed by atoms with Crippen molar-refractivity contribution < 1.29 is 42.2 Å². The van der Waals surface area contributed by atoms with Crippen molar-refractivity contribution in [2.24, 2.45) is 5.73 Å². The average Bonchev–Trinajstić information content (AvgIpc) is 2.96. The molecule has 11 nitrogen and oxygen atoms in total. The van der Waals surface area contributed by atoms with E-state index in [9.17, 15) is 38.2 Å². The number of amides is 2. The molecule has 2 rings (SSSR count). The number of rotatable bonds is 14. The van der Waals surface area contributed by atoms with Crippen LogP contribution in [0.5, 0.6) is 0 Å². The highest BCUT2D eigenvalue weighted by atomic mass is 19.4. The van der Waals surface area contributed by atoms with Gasteiger partial charge in [0.15, 0.2) is 0 Å². The summed E-state index contributed by atoms with van der Waals surface area (Å²) in [6, 6.07) is 3.92. The molecule has 1 aliphatic heterocycles. The smallest absolute Gasteiger partial charge is 0.416 e. The van der Waals surface area contributed by atoms with E-state index in [4.69, 9.17) is 15.9 Å². The van der Waals surface area contributed by atoms with Crippen LogP contribution in [0.25, 0.3) is 0 Å². The van der Waals surface area contributed by atoms with E-state index in [2.05, 4.69) is 6.07 Å². The standard InChI is InChI=1S/C31H41F3N6O5/c1-5-9-23(20-40(3,14-16-41)15-17-42)22(10-6-7-13-35)18-26-27(28(43)45-4)21(2)38(29(36)39(26)30(37)44)25-12-8-11-24(19-25)31(32,33)34/h8-12,19,26,36,41-42H,5-7,14-18,20H2,1-4H3,(H-,37,44)/p+1. The van der Waals surface area contributed by atoms with Crippen LogP contribution in [-0.2, 0) is 15.7 Å². The van der Waals surface area contributed by atoms with Crippen LogP contribution in [0.4, 0.5) is 23.7 Å². The number of allylic oxidation sites excluding steroid dienone is 3. The van der Waals surface area contributed by atoms with Crippen LogP contribution < -0.4 is 10.6 Å². The molecule has 0 saturated heterocycles. The minimum atomic E-state index is -4.69. The number of carbonyl (C=O) groups is 2. The van der Waals surface area contributed by atoms with Gasteiger partial charge < -0.3 is 25.2 Å². The summed E-state index contributed by atoms with van der Waals surface area (Å²) in [7, 11) is 2.99. The summed E-state index contributed by atoms with van der Waals surface area (Å²) in [4.78, 5) is 28.2. The molecule has 0 bridgehead atoms. The number of esters is 1. The van der Waals surface area contributed by atoms with Crippen molar-refractivity contribution >= 4 is 23.6 Å². The Balaban J connectivity index is 2.81. The van der Waals surface area contributed by atoms with Crippen molar-refractivity contribution in [2.75, 3.05) is 51.9 Å². The molecule has 0 aliphatic carbocycles. The van der Waals surface area contributed by atoms with Gasteiger partial charge in [-0.25, -0.2) is 9.59 Å². The fraction of sp³-hybridized carbons (Fsp3) is 0.484. The Morgan fingerprint density at radius 2 is 1.84 bits per heavy atom. The zero-order chi connectivity index (χ0) is 33.9. The largest absolute Gasteiger partial charge is 0.466 e. The molecule has 1 aromatic carbocycles. The maximum atomic E-state index is 13.6. The molecule has 1 aliphatic rings. The maximum Gasteiger partial charge on any atom is 0.416 e. The van der Waals surface area contributed by atoms with Crippen LogP contribution in [0, 0.1) is 16.7 Å². The van der Waals surface area contributed by atoms with Gasteiger partial charge in [-0.05, 0) is 50.0 Å². The first kappa shape index (κ1) is 37.0. The molecule has 0 aromatic heterocycles. The van der Waals surface area contributed by atoms with Gasteiger partial charge in [0.2, 0.25) is 5.96 Å². The Kier molecular flexibility index (Phi) is 13.3. The summed E-state index contributed by atoms with van der Waals surface area (Å²) in [5.41, 5.74) is 6.08. The molecule has 14 heteroatoms. The van der Waals surface area contributed by atoms with Crippen molar-refractivity contribution in [1.29, 1.82) is 10.7 Å². The summed E-state index contributed by atoms with van der Waals surface area (Å²) in [5, 5.41) is 37.6. The number of quaternary nitrogens is 1. The lowest BCUT2D eigenvalue weighted by molar-refractivity contribution is -0.905. The lowest BCUT2D eigenvalue weighted by atomic mass is 9.88. The van der Waals surface area contributed by atoms with Crippen LogP contribution in [0.2, 0.25) is 0 Å². The number of nitrogens with one attached hydrogen (secondary N) is 1. The predicted molar refractivity (Wildman–Crippen MR) is 162 cm³/mol. The number of hydrogen-bond donors (Lipinski definition) is 4. The van der Waals surface area contributed by atoms with E-state index in [1.807, 2.05) is 20.0 Å². The number of hydrogen-bond acceptors (Lipinski definition) is 7. The Labute approximate surface area is 261 Å². The first-order chi connectivity index (χ1) is 21.2. The maximum absolute atomic E-state index is 13.6. The number of methoxy groups -OCH3 is 1. The molecule has 1 heterocycles. The highest BCUT2D eigenvalue weighted by Gasteiger charge is 2.44. The SMILES string of the molecule is CCC=C(C[N+](C)(CCO)CCO)C(=CCCC#N)CC1C(C(=O)OC)=C(C)N(c2cccc(C(F)(F)F)c2)C(=N)N1C(N)=O. The van der Waals surface area contributed by atoms with Gasteiger partial charge in [0, 0.05) is 23.4 Å². The van der Waals surface area contributed by atoms with Crippen molar-refractivity contribution in [3.63, 3.8) is 0 Å². The number of alkyl halides is 3. The monoisotopic (exact) mass is 635 g/mol. The second-order valence-electron chi connectivity index (χ2n) is 10.9. The lowest BCUT2D eigenvalue weighted by Crippen LogP contribution is -2.59. The first-order valence-corrected chi connectivity index (χ1v) is 14.4. The number of anilines is 1. The van der Waals surface area contributed by atoms with Crippen molar-refractivity contribution in [3.8, 4) is 6.07 Å². The Bertz CT molecular complexity index is 1380. The molecule has 0 fully saturated rings. The third kappa shape index (κ3) is 9.16. The van der Waals surface area contributed by atoms with E-state index in [1.54, 1.807) is 6.08 Å². The molecule has 0 radical (unpaired) electrons. The van der Waals surface area contributed by atoms with Crippen LogP contribution in [0.15, 0.2) is 58.8 Å². The third-order valence-corrected chi connectivity index (χ3v) is 7.64. The van der Waals surface area contributed by atoms with Gasteiger partial charge in [-0.3, -0.25) is 15.2 Å². The second kappa shape index (κ2) is 16.2. The Morgan fingerprint density at radius 3 is 2.36 bits per heavy atom. The molecule has 0 spiro atoms. The number of benzene rings is 1. The zero-order valence-corrected chi connectivity index (χ0v) is 26.0. The van der Waals surface area contributed by atoms with E-state index in [1.165, 1.54) is 13.0 Å². The van der Waals surface area contributed by atoms with Crippen molar-refractivity contribution in [2.45, 2.75) is 51.7 Å². The Hall–Kier alpha value is -4.19. The number of likely N-dealkylation sites (N-methyl/N-ethyl adjacent to an activating group) is 1. The zero-order valence-electron chi connectivity index (χ0n) is 26.0. The van der Waals surface area contributed by atoms with Gasteiger partial charge in [0.1, 0.15) is 19.6 Å². The van der Waals surface area contributed by atoms with Crippen LogP contribution >= 0.6 is 0 Å². The molecule has 5 N–H and O–H groups in total. The van der Waals surface area contributed by atoms with E-state index in [-0.39, 0.29) is 47.5 Å². The van der Waals surface area contributed by atoms with E-state index >= 15 is 0 Å². The van der Waals surface area contributed by atoms with Crippen LogP contribution in [0.1, 0.15) is 45.1 Å². The molecular weight excluding hydrogens is 593 g/mol. The minimum Gasteiger partial charge on any atom is -0.466 e. The number of aliphatic hydroxyl groups is 2. The van der Waals surface area contributed by atoms with E-state index in [0.29, 0.717) is 38.0 Å². The highest BCUT2D eigenvalue weighted by molar-refractivity contribution is 6.10. The Morgan fingerprint density at radius 1 is 1.20 bits per heavy atom. The molecule has 0 saturated carbocycles. The van der Waals surface area contributed by atoms with E-state index < -0.39 is 35.7 Å². The minimum absolute atomic E-state index is 0.0565. The van der Waals surface area contributed by atoms with Gasteiger partial charge in [-0.15, -0.1) is 0 Å². The summed E-state index contributed by atoms with van der Waals surface area (Å²) in [5.74, 6) is -1.43. The first-order valence-electron chi connectivity index (χ1n) is 14.4. The number of primary amides is 1. The predicted octanol–water partition coefficient (Wildman–Crippen LogP) is 4.04. The molecular formula is C31H42F3N6O5+. The fourth-order valence-corrected chi connectivity index (χ4v) is 5.46. The van der Waals surface area contributed by atoms with Gasteiger partial charge in [-0.1, -0.05) is 25.1 Å². The summed E-state index contributed by atoms with van der Waals surface area (Å²) in [6.45, 7) is 4.08. The number of urea groups is 1. The average molecular weight is 636 g/mol.